The number of para-hydroxylation sites is 1. The molecule has 8 heteroatoms. The van der Waals surface area contributed by atoms with Crippen molar-refractivity contribution in [2.75, 3.05) is 13.1 Å². The summed E-state index contributed by atoms with van der Waals surface area (Å²) < 4.78 is 0.908. The van der Waals surface area contributed by atoms with Gasteiger partial charge in [-0.3, -0.25) is 19.0 Å². The van der Waals surface area contributed by atoms with Crippen LogP contribution in [0.4, 0.5) is 0 Å². The van der Waals surface area contributed by atoms with E-state index in [-0.39, 0.29) is 24.3 Å². The monoisotopic (exact) mass is 330 g/mol. The van der Waals surface area contributed by atoms with Crippen molar-refractivity contribution >= 4 is 22.7 Å². The molecule has 1 aromatic carbocycles. The SMILES string of the molecule is NC(=O)C1CCN(C(=O)Cn2c(=O)[nH]c3ccccc3c2=O)CC1. The molecule has 24 heavy (non-hydrogen) atoms. The van der Waals surface area contributed by atoms with Crippen molar-refractivity contribution in [2.45, 2.75) is 19.4 Å². The van der Waals surface area contributed by atoms with Crippen molar-refractivity contribution in [2.24, 2.45) is 11.7 Å². The van der Waals surface area contributed by atoms with Gasteiger partial charge in [-0.2, -0.15) is 0 Å². The lowest BCUT2D eigenvalue weighted by atomic mass is 9.96. The van der Waals surface area contributed by atoms with Crippen LogP contribution in [-0.2, 0) is 16.1 Å². The van der Waals surface area contributed by atoms with Crippen molar-refractivity contribution in [1.82, 2.24) is 14.5 Å². The molecular formula is C16H18N4O4. The van der Waals surface area contributed by atoms with Crippen molar-refractivity contribution in [3.63, 3.8) is 0 Å². The Hall–Kier alpha value is -2.90. The molecule has 0 unspecified atom stereocenters. The number of likely N-dealkylation sites (tertiary alicyclic amines) is 1. The summed E-state index contributed by atoms with van der Waals surface area (Å²) in [6, 6.07) is 6.66. The summed E-state index contributed by atoms with van der Waals surface area (Å²) in [4.78, 5) is 52.2. The van der Waals surface area contributed by atoms with Crippen molar-refractivity contribution < 1.29 is 9.59 Å². The van der Waals surface area contributed by atoms with Crippen LogP contribution in [0.5, 0.6) is 0 Å². The Morgan fingerprint density at radius 2 is 1.83 bits per heavy atom. The number of aromatic nitrogens is 2. The number of benzene rings is 1. The van der Waals surface area contributed by atoms with Gasteiger partial charge in [0.15, 0.2) is 0 Å². The van der Waals surface area contributed by atoms with Crippen LogP contribution in [0, 0.1) is 5.92 Å². The van der Waals surface area contributed by atoms with Gasteiger partial charge in [0, 0.05) is 19.0 Å². The maximum atomic E-state index is 12.4. The predicted octanol–water partition coefficient (Wildman–Crippen LogP) is -0.586. The van der Waals surface area contributed by atoms with E-state index in [1.165, 1.54) is 0 Å². The largest absolute Gasteiger partial charge is 0.369 e. The molecule has 2 amide bonds. The number of nitrogens with two attached hydrogens (primary N) is 1. The number of primary amides is 1. The molecule has 0 spiro atoms. The van der Waals surface area contributed by atoms with Crippen LogP contribution in [0.2, 0.25) is 0 Å². The van der Waals surface area contributed by atoms with Gasteiger partial charge < -0.3 is 15.6 Å². The topological polar surface area (TPSA) is 118 Å². The van der Waals surface area contributed by atoms with Gasteiger partial charge in [0.2, 0.25) is 11.8 Å². The fraction of sp³-hybridized carbons (Fsp3) is 0.375. The number of nitrogens with one attached hydrogen (secondary N) is 1. The number of hydrogen-bond acceptors (Lipinski definition) is 4. The predicted molar refractivity (Wildman–Crippen MR) is 87.3 cm³/mol. The van der Waals surface area contributed by atoms with Gasteiger partial charge in [-0.05, 0) is 25.0 Å². The highest BCUT2D eigenvalue weighted by molar-refractivity contribution is 5.80. The second kappa shape index (κ2) is 6.31. The molecule has 0 bridgehead atoms. The van der Waals surface area contributed by atoms with Crippen LogP contribution in [0.25, 0.3) is 10.9 Å². The maximum Gasteiger partial charge on any atom is 0.329 e. The number of hydrogen-bond donors (Lipinski definition) is 2. The summed E-state index contributed by atoms with van der Waals surface area (Å²) in [5.74, 6) is -0.897. The summed E-state index contributed by atoms with van der Waals surface area (Å²) in [7, 11) is 0. The third-order valence-electron chi connectivity index (χ3n) is 4.43. The van der Waals surface area contributed by atoms with Crippen molar-refractivity contribution in [1.29, 1.82) is 0 Å². The van der Waals surface area contributed by atoms with Crippen molar-refractivity contribution in [3.05, 3.63) is 45.1 Å². The van der Waals surface area contributed by atoms with Crippen LogP contribution < -0.4 is 17.0 Å². The minimum absolute atomic E-state index is 0.221. The van der Waals surface area contributed by atoms with Gasteiger partial charge in [0.05, 0.1) is 10.9 Å². The van der Waals surface area contributed by atoms with Crippen LogP contribution in [0.3, 0.4) is 0 Å². The first kappa shape index (κ1) is 16.0. The highest BCUT2D eigenvalue weighted by Gasteiger charge is 2.26. The van der Waals surface area contributed by atoms with Crippen LogP contribution >= 0.6 is 0 Å². The number of aromatic amines is 1. The molecule has 1 fully saturated rings. The number of carbonyl (C=O) groups excluding carboxylic acids is 2. The van der Waals surface area contributed by atoms with E-state index in [1.807, 2.05) is 0 Å². The number of amides is 2. The van der Waals surface area contributed by atoms with E-state index in [0.717, 1.165) is 4.57 Å². The molecule has 2 aromatic rings. The standard InChI is InChI=1S/C16H18N4O4/c17-14(22)10-5-7-19(8-6-10)13(21)9-20-15(23)11-3-1-2-4-12(11)18-16(20)24/h1-4,10H,5-9H2,(H2,17,22)(H,18,24). The van der Waals surface area contributed by atoms with Crippen LogP contribution in [-0.4, -0.2) is 39.4 Å². The zero-order valence-corrected chi connectivity index (χ0v) is 13.0. The Labute approximate surface area is 136 Å². The average Bonchev–Trinajstić information content (AvgIpc) is 2.58. The van der Waals surface area contributed by atoms with E-state index in [4.69, 9.17) is 5.73 Å². The Balaban J connectivity index is 1.80. The zero-order chi connectivity index (χ0) is 17.3. The Morgan fingerprint density at radius 1 is 1.17 bits per heavy atom. The molecule has 1 aromatic heterocycles. The molecule has 8 nitrogen and oxygen atoms in total. The zero-order valence-electron chi connectivity index (χ0n) is 13.0. The lowest BCUT2D eigenvalue weighted by molar-refractivity contribution is -0.135. The number of fused-ring (bicyclic) bond motifs is 1. The molecular weight excluding hydrogens is 312 g/mol. The summed E-state index contributed by atoms with van der Waals surface area (Å²) >= 11 is 0. The molecule has 1 aliphatic rings. The molecule has 0 saturated carbocycles. The minimum atomic E-state index is -0.612. The summed E-state index contributed by atoms with van der Waals surface area (Å²) in [5, 5.41) is 0.359. The second-order valence-electron chi connectivity index (χ2n) is 5.92. The van der Waals surface area contributed by atoms with Gasteiger partial charge in [-0.15, -0.1) is 0 Å². The molecule has 3 N–H and O–H groups in total. The third kappa shape index (κ3) is 2.94. The van der Waals surface area contributed by atoms with Gasteiger partial charge in [-0.1, -0.05) is 12.1 Å². The van der Waals surface area contributed by atoms with E-state index in [0.29, 0.717) is 36.8 Å². The Morgan fingerprint density at radius 3 is 2.50 bits per heavy atom. The average molecular weight is 330 g/mol. The quantitative estimate of drug-likeness (QED) is 0.782. The summed E-state index contributed by atoms with van der Waals surface area (Å²) in [6.45, 7) is 0.472. The van der Waals surface area contributed by atoms with E-state index in [2.05, 4.69) is 4.98 Å². The molecule has 0 atom stereocenters. The Bertz CT molecular complexity index is 906. The highest BCUT2D eigenvalue weighted by Crippen LogP contribution is 2.16. The van der Waals surface area contributed by atoms with Gasteiger partial charge in [0.25, 0.3) is 5.56 Å². The highest BCUT2D eigenvalue weighted by atomic mass is 16.2. The van der Waals surface area contributed by atoms with E-state index in [1.54, 1.807) is 29.2 Å². The van der Waals surface area contributed by atoms with Crippen molar-refractivity contribution in [3.8, 4) is 0 Å². The van der Waals surface area contributed by atoms with Gasteiger partial charge in [0.1, 0.15) is 6.54 Å². The molecule has 1 saturated heterocycles. The van der Waals surface area contributed by atoms with Crippen LogP contribution in [0.1, 0.15) is 12.8 Å². The molecule has 0 radical (unpaired) electrons. The Kier molecular flexibility index (Phi) is 4.20. The number of H-pyrrole nitrogens is 1. The number of carbonyl (C=O) groups is 2. The first-order valence-corrected chi connectivity index (χ1v) is 7.76. The number of rotatable bonds is 3. The number of nitrogens with zero attached hydrogens (tertiary/aromatic N) is 2. The van der Waals surface area contributed by atoms with Gasteiger partial charge in [-0.25, -0.2) is 4.79 Å². The molecule has 2 heterocycles. The summed E-state index contributed by atoms with van der Waals surface area (Å²) in [6.07, 6.45) is 1.01. The fourth-order valence-electron chi connectivity index (χ4n) is 2.99. The normalized spacial score (nSPS) is 15.6. The van der Waals surface area contributed by atoms with Gasteiger partial charge >= 0.3 is 5.69 Å². The third-order valence-corrected chi connectivity index (χ3v) is 4.43. The van der Waals surface area contributed by atoms with E-state index >= 15 is 0 Å². The summed E-state index contributed by atoms with van der Waals surface area (Å²) in [5.41, 5.74) is 4.61. The minimum Gasteiger partial charge on any atom is -0.369 e. The van der Waals surface area contributed by atoms with Crippen LogP contribution in [0.15, 0.2) is 33.9 Å². The number of piperidine rings is 1. The first-order valence-electron chi connectivity index (χ1n) is 7.76. The lowest BCUT2D eigenvalue weighted by Crippen LogP contribution is -2.46. The molecule has 0 aliphatic carbocycles. The molecule has 1 aliphatic heterocycles. The van der Waals surface area contributed by atoms with E-state index < -0.39 is 11.2 Å². The molecule has 3 rings (SSSR count). The molecule has 126 valence electrons. The fourth-order valence-corrected chi connectivity index (χ4v) is 2.99. The lowest BCUT2D eigenvalue weighted by Gasteiger charge is -2.30. The first-order chi connectivity index (χ1) is 11.5. The smallest absolute Gasteiger partial charge is 0.329 e. The van der Waals surface area contributed by atoms with E-state index in [9.17, 15) is 19.2 Å². The second-order valence-corrected chi connectivity index (χ2v) is 5.92. The maximum absolute atomic E-state index is 12.4.